The number of rotatable bonds is 4. The molecule has 0 unspecified atom stereocenters. The van der Waals surface area contributed by atoms with Gasteiger partial charge in [0.2, 0.25) is 0 Å². The Morgan fingerprint density at radius 2 is 2.31 bits per heavy atom. The van der Waals surface area contributed by atoms with E-state index in [2.05, 4.69) is 20.4 Å². The van der Waals surface area contributed by atoms with E-state index in [1.807, 2.05) is 26.0 Å². The van der Waals surface area contributed by atoms with Gasteiger partial charge in [0.1, 0.15) is 0 Å². The van der Waals surface area contributed by atoms with Gasteiger partial charge in [0.05, 0.1) is 0 Å². The Labute approximate surface area is 93.9 Å². The van der Waals surface area contributed by atoms with Gasteiger partial charge in [-0.05, 0) is 11.6 Å². The predicted octanol–water partition coefficient (Wildman–Crippen LogP) is 2.20. The molecule has 5 heteroatoms. The van der Waals surface area contributed by atoms with Crippen LogP contribution in [0.1, 0.15) is 31.2 Å². The maximum atomic E-state index is 5.06. The average Bonchev–Trinajstić information content (AvgIpc) is 2.76. The van der Waals surface area contributed by atoms with Crippen LogP contribution in [-0.2, 0) is 6.54 Å². The second kappa shape index (κ2) is 4.74. The molecule has 2 aromatic heterocycles. The molecule has 0 amide bonds. The minimum absolute atomic E-state index is 0.276. The molecule has 0 bridgehead atoms. The van der Waals surface area contributed by atoms with Crippen LogP contribution in [-0.4, -0.2) is 15.1 Å². The average molecular weight is 218 g/mol. The van der Waals surface area contributed by atoms with Crippen LogP contribution in [0.2, 0.25) is 0 Å². The van der Waals surface area contributed by atoms with Crippen LogP contribution in [0.15, 0.2) is 29.0 Å². The SMILES string of the molecule is CC(C)c1noc(NCc2cccnc2)n1. The van der Waals surface area contributed by atoms with Crippen LogP contribution in [0.25, 0.3) is 0 Å². The topological polar surface area (TPSA) is 63.8 Å². The molecule has 0 fully saturated rings. The van der Waals surface area contributed by atoms with Crippen LogP contribution < -0.4 is 5.32 Å². The second-order valence-electron chi connectivity index (χ2n) is 3.83. The molecule has 0 aromatic carbocycles. The number of hydrogen-bond donors (Lipinski definition) is 1. The first-order chi connectivity index (χ1) is 7.75. The van der Waals surface area contributed by atoms with Gasteiger partial charge in [-0.2, -0.15) is 4.98 Å². The van der Waals surface area contributed by atoms with E-state index in [9.17, 15) is 0 Å². The van der Waals surface area contributed by atoms with E-state index in [1.54, 1.807) is 12.4 Å². The first-order valence-corrected chi connectivity index (χ1v) is 5.22. The van der Waals surface area contributed by atoms with Crippen molar-refractivity contribution in [3.05, 3.63) is 35.9 Å². The number of pyridine rings is 1. The molecule has 0 spiro atoms. The third-order valence-electron chi connectivity index (χ3n) is 2.12. The highest BCUT2D eigenvalue weighted by Gasteiger charge is 2.08. The summed E-state index contributed by atoms with van der Waals surface area (Å²) in [4.78, 5) is 8.24. The highest BCUT2D eigenvalue weighted by molar-refractivity contribution is 5.22. The number of anilines is 1. The minimum atomic E-state index is 0.276. The Morgan fingerprint density at radius 3 is 2.94 bits per heavy atom. The molecule has 5 nitrogen and oxygen atoms in total. The molecule has 0 aliphatic heterocycles. The molecule has 16 heavy (non-hydrogen) atoms. The Bertz CT molecular complexity index is 438. The fourth-order valence-electron chi connectivity index (χ4n) is 1.22. The molecule has 0 aliphatic rings. The largest absolute Gasteiger partial charge is 0.334 e. The number of nitrogens with zero attached hydrogens (tertiary/aromatic N) is 3. The van der Waals surface area contributed by atoms with Gasteiger partial charge in [0.25, 0.3) is 0 Å². The number of nitrogens with one attached hydrogen (secondary N) is 1. The first-order valence-electron chi connectivity index (χ1n) is 5.22. The summed E-state index contributed by atoms with van der Waals surface area (Å²) in [6.45, 7) is 4.68. The Hall–Kier alpha value is -1.91. The van der Waals surface area contributed by atoms with Crippen LogP contribution in [0.4, 0.5) is 6.01 Å². The van der Waals surface area contributed by atoms with Gasteiger partial charge < -0.3 is 9.84 Å². The van der Waals surface area contributed by atoms with E-state index in [-0.39, 0.29) is 5.92 Å². The second-order valence-corrected chi connectivity index (χ2v) is 3.83. The van der Waals surface area contributed by atoms with E-state index < -0.39 is 0 Å². The molecular weight excluding hydrogens is 204 g/mol. The van der Waals surface area contributed by atoms with E-state index in [1.165, 1.54) is 0 Å². The van der Waals surface area contributed by atoms with Crippen molar-refractivity contribution in [2.75, 3.05) is 5.32 Å². The van der Waals surface area contributed by atoms with Crippen LogP contribution in [0, 0.1) is 0 Å². The normalized spacial score (nSPS) is 10.7. The van der Waals surface area contributed by atoms with Crippen molar-refractivity contribution >= 4 is 6.01 Å². The van der Waals surface area contributed by atoms with E-state index in [4.69, 9.17) is 4.52 Å². The fraction of sp³-hybridized carbons (Fsp3) is 0.364. The van der Waals surface area contributed by atoms with Crippen molar-refractivity contribution in [1.82, 2.24) is 15.1 Å². The highest BCUT2D eigenvalue weighted by atomic mass is 16.5. The van der Waals surface area contributed by atoms with Crippen molar-refractivity contribution in [3.8, 4) is 0 Å². The van der Waals surface area contributed by atoms with Gasteiger partial charge in [-0.15, -0.1) is 0 Å². The standard InChI is InChI=1S/C11H14N4O/c1-8(2)10-14-11(16-15-10)13-7-9-4-3-5-12-6-9/h3-6,8H,7H2,1-2H3,(H,13,14,15). The summed E-state index contributed by atoms with van der Waals surface area (Å²) in [5.74, 6) is 0.992. The van der Waals surface area contributed by atoms with Crippen molar-refractivity contribution in [2.45, 2.75) is 26.3 Å². The molecule has 2 rings (SSSR count). The zero-order valence-electron chi connectivity index (χ0n) is 9.34. The molecule has 1 N–H and O–H groups in total. The monoisotopic (exact) mass is 218 g/mol. The van der Waals surface area contributed by atoms with Crippen LogP contribution in [0.3, 0.4) is 0 Å². The fourth-order valence-corrected chi connectivity index (χ4v) is 1.22. The molecule has 0 saturated heterocycles. The number of hydrogen-bond acceptors (Lipinski definition) is 5. The van der Waals surface area contributed by atoms with E-state index in [0.717, 1.165) is 5.56 Å². The lowest BCUT2D eigenvalue weighted by Crippen LogP contribution is -2.00. The zero-order valence-corrected chi connectivity index (χ0v) is 9.34. The minimum Gasteiger partial charge on any atom is -0.334 e. The zero-order chi connectivity index (χ0) is 11.4. The molecule has 0 atom stereocenters. The maximum absolute atomic E-state index is 5.06. The Morgan fingerprint density at radius 1 is 1.44 bits per heavy atom. The predicted molar refractivity (Wildman–Crippen MR) is 60.0 cm³/mol. The Balaban J connectivity index is 1.95. The molecular formula is C11H14N4O. The summed E-state index contributed by atoms with van der Waals surface area (Å²) < 4.78 is 5.06. The van der Waals surface area contributed by atoms with Gasteiger partial charge in [0, 0.05) is 24.9 Å². The number of aromatic nitrogens is 3. The lowest BCUT2D eigenvalue weighted by Gasteiger charge is -1.99. The van der Waals surface area contributed by atoms with Gasteiger partial charge in [-0.25, -0.2) is 0 Å². The van der Waals surface area contributed by atoms with Crippen LogP contribution in [0.5, 0.6) is 0 Å². The van der Waals surface area contributed by atoms with Gasteiger partial charge in [0.15, 0.2) is 5.82 Å². The lowest BCUT2D eigenvalue weighted by molar-refractivity contribution is 0.419. The third-order valence-corrected chi connectivity index (χ3v) is 2.12. The highest BCUT2D eigenvalue weighted by Crippen LogP contribution is 2.12. The first kappa shape index (κ1) is 10.6. The van der Waals surface area contributed by atoms with Crippen molar-refractivity contribution in [1.29, 1.82) is 0 Å². The lowest BCUT2D eigenvalue weighted by atomic mass is 10.2. The molecule has 0 saturated carbocycles. The Kier molecular flexibility index (Phi) is 3.14. The van der Waals surface area contributed by atoms with Crippen LogP contribution >= 0.6 is 0 Å². The van der Waals surface area contributed by atoms with E-state index >= 15 is 0 Å². The van der Waals surface area contributed by atoms with E-state index in [0.29, 0.717) is 18.4 Å². The summed E-state index contributed by atoms with van der Waals surface area (Å²) in [5, 5.41) is 6.92. The maximum Gasteiger partial charge on any atom is 0.321 e. The third kappa shape index (κ3) is 2.56. The van der Waals surface area contributed by atoms with Gasteiger partial charge >= 0.3 is 6.01 Å². The summed E-state index contributed by atoms with van der Waals surface area (Å²) in [6.07, 6.45) is 3.54. The van der Waals surface area contributed by atoms with Crippen molar-refractivity contribution in [2.24, 2.45) is 0 Å². The quantitative estimate of drug-likeness (QED) is 0.852. The molecule has 2 heterocycles. The molecule has 2 aromatic rings. The summed E-state index contributed by atoms with van der Waals surface area (Å²) in [7, 11) is 0. The van der Waals surface area contributed by atoms with Crippen molar-refractivity contribution in [3.63, 3.8) is 0 Å². The summed E-state index contributed by atoms with van der Waals surface area (Å²) in [6, 6.07) is 4.33. The molecule has 84 valence electrons. The molecule has 0 aliphatic carbocycles. The smallest absolute Gasteiger partial charge is 0.321 e. The van der Waals surface area contributed by atoms with Gasteiger partial charge in [-0.1, -0.05) is 25.1 Å². The van der Waals surface area contributed by atoms with Gasteiger partial charge in [-0.3, -0.25) is 4.98 Å². The summed E-state index contributed by atoms with van der Waals surface area (Å²) >= 11 is 0. The molecule has 0 radical (unpaired) electrons. The van der Waals surface area contributed by atoms with Crippen molar-refractivity contribution < 1.29 is 4.52 Å². The summed E-state index contributed by atoms with van der Waals surface area (Å²) in [5.41, 5.74) is 1.08.